The highest BCUT2D eigenvalue weighted by Gasteiger charge is 2.48. The van der Waals surface area contributed by atoms with E-state index in [0.717, 1.165) is 12.8 Å². The Balaban J connectivity index is 2.07. The average molecular weight is 290 g/mol. The maximum atomic E-state index is 10.4. The molecule has 3 aliphatic carbocycles. The summed E-state index contributed by atoms with van der Waals surface area (Å²) in [6.45, 7) is 2.33. The third-order valence-electron chi connectivity index (χ3n) is 5.14. The molecule has 2 bridgehead atoms. The number of hydrogen-bond acceptors (Lipinski definition) is 4. The Bertz CT molecular complexity index is 713. The van der Waals surface area contributed by atoms with Crippen LogP contribution in [0.25, 0.3) is 0 Å². The van der Waals surface area contributed by atoms with Crippen LogP contribution in [-0.4, -0.2) is 29.6 Å². The Kier molecular flexibility index (Phi) is 2.20. The van der Waals surface area contributed by atoms with E-state index in [2.05, 4.69) is 0 Å². The van der Waals surface area contributed by atoms with Gasteiger partial charge in [-0.25, -0.2) is 0 Å². The summed E-state index contributed by atoms with van der Waals surface area (Å²) in [5, 5.41) is 41.4. The van der Waals surface area contributed by atoms with E-state index in [1.165, 1.54) is 9.13 Å². The van der Waals surface area contributed by atoms with Crippen molar-refractivity contribution in [3.8, 4) is 23.5 Å². The molecule has 2 unspecified atom stereocenters. The molecule has 0 saturated heterocycles. The fourth-order valence-corrected chi connectivity index (χ4v) is 4.21. The first-order chi connectivity index (χ1) is 9.99. The number of rotatable bonds is 1. The first-order valence-corrected chi connectivity index (χ1v) is 7.23. The van der Waals surface area contributed by atoms with E-state index in [0.29, 0.717) is 28.8 Å². The number of hydrogen-bond donors (Lipinski definition) is 4. The molecule has 0 spiro atoms. The van der Waals surface area contributed by atoms with Crippen LogP contribution < -0.4 is 0 Å². The highest BCUT2D eigenvalue weighted by Crippen LogP contribution is 2.62. The van der Waals surface area contributed by atoms with Crippen LogP contribution in [0.1, 0.15) is 53.9 Å². The zero-order valence-electron chi connectivity index (χ0n) is 12.0. The van der Waals surface area contributed by atoms with Gasteiger partial charge in [-0.2, -0.15) is 0 Å². The van der Waals surface area contributed by atoms with Gasteiger partial charge in [-0.15, -0.1) is 0 Å². The summed E-state index contributed by atoms with van der Waals surface area (Å²) >= 11 is 0. The van der Waals surface area contributed by atoms with Gasteiger partial charge in [0.05, 0.1) is 0 Å². The third kappa shape index (κ3) is 1.19. The van der Waals surface area contributed by atoms with Gasteiger partial charge in [-0.05, 0) is 19.8 Å². The third-order valence-corrected chi connectivity index (χ3v) is 5.14. The van der Waals surface area contributed by atoms with Gasteiger partial charge in [0.2, 0.25) is 0 Å². The Morgan fingerprint density at radius 3 is 1.57 bits per heavy atom. The van der Waals surface area contributed by atoms with Crippen molar-refractivity contribution < 1.29 is 20.4 Å². The molecule has 0 saturated carbocycles. The molecule has 112 valence electrons. The van der Waals surface area contributed by atoms with Gasteiger partial charge in [0.1, 0.15) is 0 Å². The Morgan fingerprint density at radius 1 is 0.810 bits per heavy atom. The summed E-state index contributed by atoms with van der Waals surface area (Å²) in [6.07, 6.45) is 1.59. The summed E-state index contributed by atoms with van der Waals surface area (Å²) in [5.41, 5.74) is 2.81. The van der Waals surface area contributed by atoms with Crippen molar-refractivity contribution in [2.75, 3.05) is 0 Å². The highest BCUT2D eigenvalue weighted by atomic mass is 16.3. The van der Waals surface area contributed by atoms with Gasteiger partial charge in [0.25, 0.3) is 0 Å². The second-order valence-electron chi connectivity index (χ2n) is 5.93. The zero-order valence-corrected chi connectivity index (χ0v) is 12.0. The molecule has 21 heavy (non-hydrogen) atoms. The fraction of sp³-hybridized carbons (Fsp3) is 0.467. The number of nitrogens with zero attached hydrogens (tertiary/aromatic N) is 2. The van der Waals surface area contributed by atoms with E-state index in [4.69, 9.17) is 0 Å². The van der Waals surface area contributed by atoms with Gasteiger partial charge in [-0.3, -0.25) is 9.13 Å². The van der Waals surface area contributed by atoms with Crippen molar-refractivity contribution in [1.82, 2.24) is 9.13 Å². The average Bonchev–Trinajstić information content (AvgIpc) is 2.89. The number of aromatic nitrogens is 2. The van der Waals surface area contributed by atoms with Crippen LogP contribution in [0, 0.1) is 0 Å². The van der Waals surface area contributed by atoms with Gasteiger partial charge < -0.3 is 20.4 Å². The molecule has 0 fully saturated rings. The molecule has 0 aromatic carbocycles. The molecular weight excluding hydrogens is 272 g/mol. The zero-order chi connectivity index (χ0) is 15.0. The molecule has 0 amide bonds. The second kappa shape index (κ2) is 3.69. The van der Waals surface area contributed by atoms with E-state index in [-0.39, 0.29) is 35.4 Å². The van der Waals surface area contributed by atoms with E-state index >= 15 is 0 Å². The normalized spacial score (nSPS) is 22.4. The maximum absolute atomic E-state index is 10.4. The fourth-order valence-electron chi connectivity index (χ4n) is 4.21. The summed E-state index contributed by atoms with van der Waals surface area (Å²) in [7, 11) is 1.61. The first kappa shape index (κ1) is 12.5. The van der Waals surface area contributed by atoms with Crippen molar-refractivity contribution >= 4 is 0 Å². The SMILES string of the molecule is CCn1c(O)c2c(c1O)C1CCC2c2c1c(O)n(C)c2O. The molecule has 5 rings (SSSR count). The topological polar surface area (TPSA) is 90.8 Å². The van der Waals surface area contributed by atoms with Crippen LogP contribution in [0.3, 0.4) is 0 Å². The van der Waals surface area contributed by atoms with Crippen molar-refractivity contribution in [3.63, 3.8) is 0 Å². The largest absolute Gasteiger partial charge is 0.494 e. The minimum Gasteiger partial charge on any atom is -0.494 e. The second-order valence-corrected chi connectivity index (χ2v) is 5.93. The van der Waals surface area contributed by atoms with Crippen molar-refractivity contribution in [3.05, 3.63) is 22.3 Å². The Labute approximate surface area is 121 Å². The first-order valence-electron chi connectivity index (χ1n) is 7.23. The Hall–Kier alpha value is -2.24. The van der Waals surface area contributed by atoms with Crippen molar-refractivity contribution in [1.29, 1.82) is 0 Å². The van der Waals surface area contributed by atoms with Gasteiger partial charge in [0.15, 0.2) is 23.5 Å². The minimum atomic E-state index is -0.175. The van der Waals surface area contributed by atoms with Crippen LogP contribution in [0.2, 0.25) is 0 Å². The lowest BCUT2D eigenvalue weighted by atomic mass is 9.66. The number of fused-ring (bicyclic) bond motifs is 1. The molecule has 0 radical (unpaired) electrons. The van der Waals surface area contributed by atoms with E-state index in [1.54, 1.807) is 7.05 Å². The summed E-state index contributed by atoms with van der Waals surface area (Å²) in [6, 6.07) is 0. The summed E-state index contributed by atoms with van der Waals surface area (Å²) < 4.78 is 2.85. The predicted octanol–water partition coefficient (Wildman–Crippen LogP) is 2.04. The lowest BCUT2D eigenvalue weighted by molar-refractivity contribution is 0.369. The molecule has 4 N–H and O–H groups in total. The minimum absolute atomic E-state index is 0.0472. The van der Waals surface area contributed by atoms with Crippen molar-refractivity contribution in [2.24, 2.45) is 7.05 Å². The maximum Gasteiger partial charge on any atom is 0.198 e. The van der Waals surface area contributed by atoms with Crippen molar-refractivity contribution in [2.45, 2.75) is 38.1 Å². The Morgan fingerprint density at radius 2 is 1.19 bits per heavy atom. The van der Waals surface area contributed by atoms with Crippen LogP contribution in [-0.2, 0) is 13.6 Å². The van der Waals surface area contributed by atoms with Crippen LogP contribution >= 0.6 is 0 Å². The molecular formula is C15H18N2O4. The van der Waals surface area contributed by atoms with Crippen LogP contribution in [0.15, 0.2) is 0 Å². The highest BCUT2D eigenvalue weighted by molar-refractivity contribution is 5.67. The van der Waals surface area contributed by atoms with E-state index in [1.807, 2.05) is 6.92 Å². The van der Waals surface area contributed by atoms with Gasteiger partial charge in [0, 0.05) is 47.7 Å². The van der Waals surface area contributed by atoms with Gasteiger partial charge in [-0.1, -0.05) is 0 Å². The standard InChI is InChI=1S/C15H18N2O4/c1-3-17-14(20)10-6-4-5-7(11(10)15(17)21)9-8(6)12(18)16(2)13(9)19/h6-7,18-21H,3-5H2,1-2H3. The smallest absolute Gasteiger partial charge is 0.198 e. The van der Waals surface area contributed by atoms with E-state index in [9.17, 15) is 20.4 Å². The van der Waals surface area contributed by atoms with Crippen LogP contribution in [0.5, 0.6) is 23.5 Å². The monoisotopic (exact) mass is 290 g/mol. The van der Waals surface area contributed by atoms with Crippen LogP contribution in [0.4, 0.5) is 0 Å². The van der Waals surface area contributed by atoms with Gasteiger partial charge >= 0.3 is 0 Å². The quantitative estimate of drug-likeness (QED) is 0.647. The molecule has 3 aliphatic rings. The molecule has 2 atom stereocenters. The molecule has 2 aromatic heterocycles. The lowest BCUT2D eigenvalue weighted by Crippen LogP contribution is -2.22. The predicted molar refractivity (Wildman–Crippen MR) is 75.1 cm³/mol. The molecule has 2 aromatic rings. The summed E-state index contributed by atoms with van der Waals surface area (Å²) in [5.74, 6) is -0.102. The molecule has 6 nitrogen and oxygen atoms in total. The summed E-state index contributed by atoms with van der Waals surface area (Å²) in [4.78, 5) is 0. The molecule has 6 heteroatoms. The lowest BCUT2D eigenvalue weighted by Gasteiger charge is -2.35. The number of aromatic hydroxyl groups is 4. The van der Waals surface area contributed by atoms with E-state index < -0.39 is 0 Å². The molecule has 0 aliphatic heterocycles. The molecule has 2 heterocycles.